The molecule has 96 valence electrons. The molecule has 2 rings (SSSR count). The second-order valence-electron chi connectivity index (χ2n) is 4.46. The van der Waals surface area contributed by atoms with Crippen molar-refractivity contribution in [1.82, 2.24) is 4.90 Å². The Balaban J connectivity index is 2.09. The van der Waals surface area contributed by atoms with Gasteiger partial charge in [0.25, 0.3) is 0 Å². The molecular weight excluding hydrogens is 247 g/mol. The highest BCUT2D eigenvalue weighted by Crippen LogP contribution is 2.25. The topological polar surface area (TPSA) is 29.3 Å². The largest absolute Gasteiger partial charge is 0.399 e. The Hall–Kier alpha value is -1.39. The monoisotopic (exact) mass is 264 g/mol. The number of thiophene rings is 1. The summed E-state index contributed by atoms with van der Waals surface area (Å²) in [7, 11) is 2.00. The van der Waals surface area contributed by atoms with Crippen molar-refractivity contribution in [2.24, 2.45) is 0 Å². The molecule has 0 saturated heterocycles. The quantitative estimate of drug-likeness (QED) is 0.854. The average Bonchev–Trinajstić information content (AvgIpc) is 2.85. The van der Waals surface area contributed by atoms with Gasteiger partial charge in [0.2, 0.25) is 0 Å². The molecule has 0 radical (unpaired) electrons. The molecule has 0 amide bonds. The van der Waals surface area contributed by atoms with Crippen molar-refractivity contribution >= 4 is 17.0 Å². The lowest BCUT2D eigenvalue weighted by molar-refractivity contribution is 0.253. The van der Waals surface area contributed by atoms with Crippen molar-refractivity contribution in [3.63, 3.8) is 0 Å². The summed E-state index contributed by atoms with van der Waals surface area (Å²) < 4.78 is 13.7. The predicted molar refractivity (Wildman–Crippen MR) is 75.0 cm³/mol. The molecule has 0 spiro atoms. The standard InChI is InChI=1S/C14H17FN2S/c1-10(14-4-3-7-18-14)17(2)9-11-5-6-12(16)8-13(11)15/h3-8,10H,9,16H2,1-2H3. The molecule has 4 heteroatoms. The Kier molecular flexibility index (Phi) is 3.99. The van der Waals surface area contributed by atoms with Crippen LogP contribution in [0.2, 0.25) is 0 Å². The summed E-state index contributed by atoms with van der Waals surface area (Å²) in [4.78, 5) is 3.41. The first-order valence-corrected chi connectivity index (χ1v) is 6.73. The third-order valence-electron chi connectivity index (χ3n) is 3.11. The number of benzene rings is 1. The fourth-order valence-electron chi connectivity index (χ4n) is 1.84. The van der Waals surface area contributed by atoms with Crippen LogP contribution in [-0.4, -0.2) is 11.9 Å². The van der Waals surface area contributed by atoms with Crippen molar-refractivity contribution in [3.05, 3.63) is 52.0 Å². The maximum absolute atomic E-state index is 13.7. The minimum atomic E-state index is -0.236. The molecule has 18 heavy (non-hydrogen) atoms. The molecule has 2 nitrogen and oxygen atoms in total. The fraction of sp³-hybridized carbons (Fsp3) is 0.286. The molecule has 1 aromatic heterocycles. The van der Waals surface area contributed by atoms with E-state index in [0.717, 1.165) is 0 Å². The Bertz CT molecular complexity index is 511. The van der Waals surface area contributed by atoms with Crippen molar-refractivity contribution < 1.29 is 4.39 Å². The van der Waals surface area contributed by atoms with E-state index in [4.69, 9.17) is 5.73 Å². The van der Waals surface area contributed by atoms with Gasteiger partial charge >= 0.3 is 0 Å². The first kappa shape index (κ1) is 13.1. The maximum atomic E-state index is 13.7. The van der Waals surface area contributed by atoms with Crippen molar-refractivity contribution in [2.75, 3.05) is 12.8 Å². The third-order valence-corrected chi connectivity index (χ3v) is 4.16. The molecular formula is C14H17FN2S. The molecule has 2 N–H and O–H groups in total. The smallest absolute Gasteiger partial charge is 0.129 e. The SMILES string of the molecule is CC(c1cccs1)N(C)Cc1ccc(N)cc1F. The number of anilines is 1. The minimum Gasteiger partial charge on any atom is -0.399 e. The van der Waals surface area contributed by atoms with Gasteiger partial charge in [0.1, 0.15) is 5.82 Å². The van der Waals surface area contributed by atoms with E-state index >= 15 is 0 Å². The molecule has 0 aliphatic carbocycles. The maximum Gasteiger partial charge on any atom is 0.129 e. The van der Waals surface area contributed by atoms with Gasteiger partial charge in [-0.15, -0.1) is 11.3 Å². The highest BCUT2D eigenvalue weighted by atomic mass is 32.1. The molecule has 1 heterocycles. The van der Waals surface area contributed by atoms with Crippen LogP contribution in [0, 0.1) is 5.82 Å². The summed E-state index contributed by atoms with van der Waals surface area (Å²) in [6, 6.07) is 9.28. The van der Waals surface area contributed by atoms with Crippen LogP contribution < -0.4 is 5.73 Å². The van der Waals surface area contributed by atoms with Gasteiger partial charge in [-0.2, -0.15) is 0 Å². The van der Waals surface area contributed by atoms with Gasteiger partial charge in [-0.25, -0.2) is 4.39 Å². The molecule has 0 saturated carbocycles. The van der Waals surface area contributed by atoms with Crippen LogP contribution in [0.1, 0.15) is 23.4 Å². The van der Waals surface area contributed by atoms with E-state index in [1.807, 2.05) is 13.1 Å². The fourth-order valence-corrected chi connectivity index (χ4v) is 2.69. The normalized spacial score (nSPS) is 12.9. The first-order valence-electron chi connectivity index (χ1n) is 5.85. The Morgan fingerprint density at radius 1 is 1.39 bits per heavy atom. The van der Waals surface area contributed by atoms with E-state index in [0.29, 0.717) is 17.8 Å². The number of hydrogen-bond donors (Lipinski definition) is 1. The molecule has 2 aromatic rings. The molecule has 1 aromatic carbocycles. The van der Waals surface area contributed by atoms with Crippen LogP contribution in [0.15, 0.2) is 35.7 Å². The number of nitrogens with two attached hydrogens (primary N) is 1. The van der Waals surface area contributed by atoms with Gasteiger partial charge in [0.15, 0.2) is 0 Å². The number of nitrogens with zero attached hydrogens (tertiary/aromatic N) is 1. The molecule has 0 fully saturated rings. The van der Waals surface area contributed by atoms with Gasteiger partial charge in [-0.05, 0) is 37.6 Å². The predicted octanol–water partition coefficient (Wildman–Crippen LogP) is 3.66. The summed E-state index contributed by atoms with van der Waals surface area (Å²) in [5.41, 5.74) is 6.68. The lowest BCUT2D eigenvalue weighted by Crippen LogP contribution is -2.21. The van der Waals surface area contributed by atoms with Gasteiger partial charge in [-0.1, -0.05) is 12.1 Å². The zero-order valence-corrected chi connectivity index (χ0v) is 11.4. The van der Waals surface area contributed by atoms with E-state index in [9.17, 15) is 4.39 Å². The lowest BCUT2D eigenvalue weighted by Gasteiger charge is -2.24. The third kappa shape index (κ3) is 2.89. The zero-order chi connectivity index (χ0) is 13.1. The van der Waals surface area contributed by atoms with E-state index in [1.165, 1.54) is 10.9 Å². The lowest BCUT2D eigenvalue weighted by atomic mass is 10.1. The highest BCUT2D eigenvalue weighted by Gasteiger charge is 2.14. The van der Waals surface area contributed by atoms with E-state index < -0.39 is 0 Å². The Morgan fingerprint density at radius 3 is 2.78 bits per heavy atom. The van der Waals surface area contributed by atoms with Gasteiger partial charge in [0, 0.05) is 28.7 Å². The van der Waals surface area contributed by atoms with E-state index in [1.54, 1.807) is 23.5 Å². The molecule has 0 aliphatic rings. The van der Waals surface area contributed by atoms with Crippen molar-refractivity contribution in [3.8, 4) is 0 Å². The van der Waals surface area contributed by atoms with Gasteiger partial charge < -0.3 is 5.73 Å². The van der Waals surface area contributed by atoms with Gasteiger partial charge in [0.05, 0.1) is 0 Å². The van der Waals surface area contributed by atoms with Crippen LogP contribution in [0.4, 0.5) is 10.1 Å². The van der Waals surface area contributed by atoms with Crippen LogP contribution in [0.25, 0.3) is 0 Å². The number of halogens is 1. The molecule has 0 bridgehead atoms. The summed E-state index contributed by atoms with van der Waals surface area (Å²) in [5.74, 6) is -0.236. The van der Waals surface area contributed by atoms with Gasteiger partial charge in [-0.3, -0.25) is 4.90 Å². The van der Waals surface area contributed by atoms with E-state index in [-0.39, 0.29) is 11.9 Å². The summed E-state index contributed by atoms with van der Waals surface area (Å²) in [6.45, 7) is 2.70. The number of hydrogen-bond acceptors (Lipinski definition) is 3. The molecule has 0 aliphatic heterocycles. The highest BCUT2D eigenvalue weighted by molar-refractivity contribution is 7.10. The van der Waals surface area contributed by atoms with E-state index in [2.05, 4.69) is 23.3 Å². The Morgan fingerprint density at radius 2 is 2.17 bits per heavy atom. The molecule has 1 atom stereocenters. The van der Waals surface area contributed by atoms with Crippen LogP contribution >= 0.6 is 11.3 Å². The Labute approximate surface area is 111 Å². The van der Waals surface area contributed by atoms with Crippen molar-refractivity contribution in [1.29, 1.82) is 0 Å². The number of rotatable bonds is 4. The number of nitrogen functional groups attached to an aromatic ring is 1. The van der Waals surface area contributed by atoms with Crippen LogP contribution in [0.5, 0.6) is 0 Å². The minimum absolute atomic E-state index is 0.236. The van der Waals surface area contributed by atoms with Crippen LogP contribution in [-0.2, 0) is 6.54 Å². The second-order valence-corrected chi connectivity index (χ2v) is 5.44. The summed E-state index contributed by atoms with van der Waals surface area (Å²) in [6.07, 6.45) is 0. The summed E-state index contributed by atoms with van der Waals surface area (Å²) in [5, 5.41) is 2.06. The first-order chi connectivity index (χ1) is 8.58. The second kappa shape index (κ2) is 5.50. The zero-order valence-electron chi connectivity index (χ0n) is 10.6. The summed E-state index contributed by atoms with van der Waals surface area (Å²) >= 11 is 1.72. The average molecular weight is 264 g/mol. The van der Waals surface area contributed by atoms with Crippen molar-refractivity contribution in [2.45, 2.75) is 19.5 Å². The molecule has 1 unspecified atom stereocenters. The van der Waals surface area contributed by atoms with Crippen LogP contribution in [0.3, 0.4) is 0 Å².